The van der Waals surface area contributed by atoms with Crippen LogP contribution in [0.15, 0.2) is 24.3 Å². The molecule has 1 N–H and O–H groups in total. The van der Waals surface area contributed by atoms with Crippen LogP contribution in [-0.2, 0) is 6.54 Å². The zero-order valence-corrected chi connectivity index (χ0v) is 12.3. The van der Waals surface area contributed by atoms with Crippen LogP contribution >= 0.6 is 0 Å². The van der Waals surface area contributed by atoms with Gasteiger partial charge in [-0.2, -0.15) is 0 Å². The largest absolute Gasteiger partial charge is 0.396 e. The highest BCUT2D eigenvalue weighted by atomic mass is 16.3. The Morgan fingerprint density at radius 1 is 1.42 bits per heavy atom. The summed E-state index contributed by atoms with van der Waals surface area (Å²) in [4.78, 5) is 2.58. The minimum Gasteiger partial charge on any atom is -0.396 e. The van der Waals surface area contributed by atoms with Crippen LogP contribution in [0.3, 0.4) is 0 Å². The number of likely N-dealkylation sites (tertiary alicyclic amines) is 1. The molecule has 1 aliphatic rings. The molecule has 106 valence electrons. The van der Waals surface area contributed by atoms with Gasteiger partial charge in [-0.3, -0.25) is 4.90 Å². The van der Waals surface area contributed by atoms with Gasteiger partial charge in [-0.25, -0.2) is 0 Å². The molecule has 1 aromatic carbocycles. The predicted molar refractivity (Wildman–Crippen MR) is 80.0 cm³/mol. The fourth-order valence-electron chi connectivity index (χ4n) is 3.20. The summed E-state index contributed by atoms with van der Waals surface area (Å²) in [6, 6.07) is 8.83. The van der Waals surface area contributed by atoms with Crippen LogP contribution in [0.5, 0.6) is 0 Å². The normalized spacial score (nSPS) is 22.4. The van der Waals surface area contributed by atoms with Crippen molar-refractivity contribution in [2.24, 2.45) is 11.8 Å². The molecule has 2 unspecified atom stereocenters. The second kappa shape index (κ2) is 7.06. The van der Waals surface area contributed by atoms with Gasteiger partial charge in [-0.05, 0) is 50.1 Å². The van der Waals surface area contributed by atoms with Crippen molar-refractivity contribution in [1.29, 1.82) is 0 Å². The number of aliphatic hydroxyl groups is 1. The van der Waals surface area contributed by atoms with Gasteiger partial charge < -0.3 is 5.11 Å². The molecular weight excluding hydrogens is 234 g/mol. The van der Waals surface area contributed by atoms with Gasteiger partial charge in [0.1, 0.15) is 0 Å². The minimum absolute atomic E-state index is 0.328. The summed E-state index contributed by atoms with van der Waals surface area (Å²) in [5.41, 5.74) is 2.77. The zero-order valence-electron chi connectivity index (χ0n) is 12.3. The quantitative estimate of drug-likeness (QED) is 0.879. The molecule has 2 rings (SSSR count). The molecule has 0 radical (unpaired) electrons. The van der Waals surface area contributed by atoms with Gasteiger partial charge in [0.25, 0.3) is 0 Å². The lowest BCUT2D eigenvalue weighted by Crippen LogP contribution is -2.35. The lowest BCUT2D eigenvalue weighted by molar-refractivity contribution is 0.134. The lowest BCUT2D eigenvalue weighted by atomic mass is 9.89. The van der Waals surface area contributed by atoms with Crippen LogP contribution in [0.1, 0.15) is 37.3 Å². The first-order valence-electron chi connectivity index (χ1n) is 7.56. The number of nitrogens with zero attached hydrogens (tertiary/aromatic N) is 1. The van der Waals surface area contributed by atoms with Crippen molar-refractivity contribution < 1.29 is 5.11 Å². The summed E-state index contributed by atoms with van der Waals surface area (Å²) in [6.07, 6.45) is 3.80. The third kappa shape index (κ3) is 4.63. The third-order valence-electron chi connectivity index (χ3n) is 4.14. The molecule has 0 aromatic heterocycles. The van der Waals surface area contributed by atoms with E-state index >= 15 is 0 Å². The Kier molecular flexibility index (Phi) is 5.41. The molecule has 0 aliphatic carbocycles. The molecule has 2 atom stereocenters. The molecule has 1 aromatic rings. The Hall–Kier alpha value is -0.860. The van der Waals surface area contributed by atoms with Crippen molar-refractivity contribution in [2.45, 2.75) is 39.7 Å². The molecule has 1 heterocycles. The highest BCUT2D eigenvalue weighted by Gasteiger charge is 2.21. The van der Waals surface area contributed by atoms with Crippen LogP contribution in [-0.4, -0.2) is 29.7 Å². The monoisotopic (exact) mass is 261 g/mol. The first-order valence-corrected chi connectivity index (χ1v) is 7.56. The Labute approximate surface area is 117 Å². The van der Waals surface area contributed by atoms with Crippen molar-refractivity contribution in [1.82, 2.24) is 4.90 Å². The fraction of sp³-hybridized carbons (Fsp3) is 0.647. The standard InChI is InChI=1S/C17H27NO/c1-14-5-3-6-16(9-14)11-18-8-4-7-17(12-18)10-15(2)13-19/h3,5-6,9,15,17,19H,4,7-8,10-13H2,1-2H3. The first-order chi connectivity index (χ1) is 9.17. The molecule has 19 heavy (non-hydrogen) atoms. The number of rotatable bonds is 5. The van der Waals surface area contributed by atoms with Crippen LogP contribution < -0.4 is 0 Å². The van der Waals surface area contributed by atoms with E-state index in [0.29, 0.717) is 12.5 Å². The molecule has 0 amide bonds. The number of piperidine rings is 1. The SMILES string of the molecule is Cc1cccc(CN2CCCC(CC(C)CO)C2)c1. The second-order valence-electron chi connectivity index (χ2n) is 6.26. The molecule has 0 spiro atoms. The van der Waals surface area contributed by atoms with Gasteiger partial charge >= 0.3 is 0 Å². The number of hydrogen-bond acceptors (Lipinski definition) is 2. The Morgan fingerprint density at radius 3 is 3.00 bits per heavy atom. The maximum Gasteiger partial charge on any atom is 0.0456 e. The predicted octanol–water partition coefficient (Wildman–Crippen LogP) is 3.23. The molecule has 1 saturated heterocycles. The number of aryl methyl sites for hydroxylation is 1. The van der Waals surface area contributed by atoms with Crippen molar-refractivity contribution >= 4 is 0 Å². The van der Waals surface area contributed by atoms with E-state index < -0.39 is 0 Å². The summed E-state index contributed by atoms with van der Waals surface area (Å²) in [7, 11) is 0. The molecule has 0 saturated carbocycles. The van der Waals surface area contributed by atoms with E-state index in [1.807, 2.05) is 0 Å². The van der Waals surface area contributed by atoms with Gasteiger partial charge in [0.15, 0.2) is 0 Å². The van der Waals surface area contributed by atoms with E-state index in [2.05, 4.69) is 43.0 Å². The van der Waals surface area contributed by atoms with Gasteiger partial charge in [0, 0.05) is 19.7 Å². The highest BCUT2D eigenvalue weighted by molar-refractivity contribution is 5.22. The van der Waals surface area contributed by atoms with Crippen LogP contribution in [0.2, 0.25) is 0 Å². The average molecular weight is 261 g/mol. The van der Waals surface area contributed by atoms with Gasteiger partial charge in [-0.1, -0.05) is 36.8 Å². The van der Waals surface area contributed by atoms with E-state index in [1.54, 1.807) is 0 Å². The second-order valence-corrected chi connectivity index (χ2v) is 6.26. The molecular formula is C17H27NO. The maximum absolute atomic E-state index is 9.18. The summed E-state index contributed by atoms with van der Waals surface area (Å²) in [6.45, 7) is 8.13. The summed E-state index contributed by atoms with van der Waals surface area (Å²) >= 11 is 0. The summed E-state index contributed by atoms with van der Waals surface area (Å²) < 4.78 is 0. The van der Waals surface area contributed by atoms with Crippen molar-refractivity contribution in [3.8, 4) is 0 Å². The van der Waals surface area contributed by atoms with E-state index in [4.69, 9.17) is 0 Å². The average Bonchev–Trinajstić information content (AvgIpc) is 2.39. The summed E-state index contributed by atoms with van der Waals surface area (Å²) in [5.74, 6) is 1.21. The maximum atomic E-state index is 9.18. The van der Waals surface area contributed by atoms with Crippen LogP contribution in [0, 0.1) is 18.8 Å². The molecule has 2 heteroatoms. The van der Waals surface area contributed by atoms with E-state index in [9.17, 15) is 5.11 Å². The number of benzene rings is 1. The highest BCUT2D eigenvalue weighted by Crippen LogP contribution is 2.24. The fourth-order valence-corrected chi connectivity index (χ4v) is 3.20. The topological polar surface area (TPSA) is 23.5 Å². The number of aliphatic hydroxyl groups excluding tert-OH is 1. The Bertz CT molecular complexity index is 391. The smallest absolute Gasteiger partial charge is 0.0456 e. The van der Waals surface area contributed by atoms with Crippen molar-refractivity contribution in [3.05, 3.63) is 35.4 Å². The zero-order chi connectivity index (χ0) is 13.7. The van der Waals surface area contributed by atoms with Crippen LogP contribution in [0.25, 0.3) is 0 Å². The van der Waals surface area contributed by atoms with Crippen molar-refractivity contribution in [2.75, 3.05) is 19.7 Å². The Balaban J connectivity index is 1.87. The van der Waals surface area contributed by atoms with E-state index in [0.717, 1.165) is 12.5 Å². The molecule has 1 aliphatic heterocycles. The van der Waals surface area contributed by atoms with Gasteiger partial charge in [0.2, 0.25) is 0 Å². The minimum atomic E-state index is 0.328. The Morgan fingerprint density at radius 2 is 2.26 bits per heavy atom. The van der Waals surface area contributed by atoms with Crippen LogP contribution in [0.4, 0.5) is 0 Å². The lowest BCUT2D eigenvalue weighted by Gasteiger charge is -2.33. The molecule has 2 nitrogen and oxygen atoms in total. The van der Waals surface area contributed by atoms with Gasteiger partial charge in [0.05, 0.1) is 0 Å². The first kappa shape index (κ1) is 14.5. The van der Waals surface area contributed by atoms with E-state index in [-0.39, 0.29) is 0 Å². The third-order valence-corrected chi connectivity index (χ3v) is 4.14. The van der Waals surface area contributed by atoms with Gasteiger partial charge in [-0.15, -0.1) is 0 Å². The molecule has 1 fully saturated rings. The van der Waals surface area contributed by atoms with E-state index in [1.165, 1.54) is 43.5 Å². The molecule has 0 bridgehead atoms. The summed E-state index contributed by atoms with van der Waals surface area (Å²) in [5, 5.41) is 9.18. The number of hydrogen-bond donors (Lipinski definition) is 1. The van der Waals surface area contributed by atoms with Crippen molar-refractivity contribution in [3.63, 3.8) is 0 Å².